The van der Waals surface area contributed by atoms with E-state index in [0.29, 0.717) is 5.54 Å². The Morgan fingerprint density at radius 1 is 1.12 bits per heavy atom. The fourth-order valence-corrected chi connectivity index (χ4v) is 3.12. The third-order valence-corrected chi connectivity index (χ3v) is 4.46. The minimum Gasteiger partial charge on any atom is -0.310 e. The van der Waals surface area contributed by atoms with Crippen molar-refractivity contribution in [2.45, 2.75) is 51.0 Å². The van der Waals surface area contributed by atoms with Crippen LogP contribution < -0.4 is 5.32 Å². The van der Waals surface area contributed by atoms with Crippen LogP contribution in [0, 0.1) is 11.8 Å². The quantitative estimate of drug-likeness (QED) is 0.741. The van der Waals surface area contributed by atoms with Gasteiger partial charge in [0.25, 0.3) is 0 Å². The van der Waals surface area contributed by atoms with Crippen LogP contribution >= 0.6 is 0 Å². The Morgan fingerprint density at radius 2 is 1.75 bits per heavy atom. The maximum atomic E-state index is 3.71. The lowest BCUT2D eigenvalue weighted by Crippen LogP contribution is -2.48. The van der Waals surface area contributed by atoms with Gasteiger partial charge in [0.1, 0.15) is 0 Å². The summed E-state index contributed by atoms with van der Waals surface area (Å²) in [4.78, 5) is 2.77. The standard InChI is InChI=1S/C14H26N2/c1-14(7-2-8-15-14)11-16(9-12-3-4-12)10-13-5-6-13/h12-13,15H,2-11H2,1H3. The predicted molar refractivity (Wildman–Crippen MR) is 67.5 cm³/mol. The molecule has 0 spiro atoms. The average molecular weight is 222 g/mol. The van der Waals surface area contributed by atoms with Crippen molar-refractivity contribution >= 4 is 0 Å². The molecule has 0 radical (unpaired) electrons. The highest BCUT2D eigenvalue weighted by atomic mass is 15.2. The zero-order valence-corrected chi connectivity index (χ0v) is 10.7. The van der Waals surface area contributed by atoms with Crippen LogP contribution in [0.3, 0.4) is 0 Å². The van der Waals surface area contributed by atoms with Crippen LogP contribution in [0.2, 0.25) is 0 Å². The fourth-order valence-electron chi connectivity index (χ4n) is 3.12. The molecule has 1 unspecified atom stereocenters. The Kier molecular flexibility index (Phi) is 2.97. The van der Waals surface area contributed by atoms with Gasteiger partial charge in [0, 0.05) is 25.2 Å². The molecule has 3 aliphatic rings. The van der Waals surface area contributed by atoms with Gasteiger partial charge in [0.2, 0.25) is 0 Å². The van der Waals surface area contributed by atoms with Gasteiger partial charge < -0.3 is 10.2 Å². The van der Waals surface area contributed by atoms with Crippen LogP contribution in [0.5, 0.6) is 0 Å². The molecule has 0 aromatic heterocycles. The first kappa shape index (κ1) is 11.0. The Labute approximate surface area is 99.8 Å². The van der Waals surface area contributed by atoms with Crippen LogP contribution in [0.1, 0.15) is 45.4 Å². The first-order valence-electron chi connectivity index (χ1n) is 7.21. The minimum atomic E-state index is 0.420. The molecule has 3 rings (SSSR count). The van der Waals surface area contributed by atoms with Gasteiger partial charge in [-0.1, -0.05) is 0 Å². The summed E-state index contributed by atoms with van der Waals surface area (Å²) in [6.45, 7) is 7.71. The third-order valence-electron chi connectivity index (χ3n) is 4.46. The lowest BCUT2D eigenvalue weighted by atomic mass is 9.99. The summed E-state index contributed by atoms with van der Waals surface area (Å²) in [7, 11) is 0. The monoisotopic (exact) mass is 222 g/mol. The second-order valence-electron chi connectivity index (χ2n) is 6.67. The second-order valence-corrected chi connectivity index (χ2v) is 6.67. The van der Waals surface area contributed by atoms with E-state index in [2.05, 4.69) is 17.1 Å². The van der Waals surface area contributed by atoms with Gasteiger partial charge in [-0.05, 0) is 63.8 Å². The minimum absolute atomic E-state index is 0.420. The molecule has 1 aliphatic heterocycles. The lowest BCUT2D eigenvalue weighted by Gasteiger charge is -2.33. The van der Waals surface area contributed by atoms with Gasteiger partial charge in [-0.3, -0.25) is 0 Å². The van der Waals surface area contributed by atoms with Crippen LogP contribution in [-0.4, -0.2) is 36.6 Å². The third kappa shape index (κ3) is 2.98. The summed E-state index contributed by atoms with van der Waals surface area (Å²) in [5.41, 5.74) is 0.420. The van der Waals surface area contributed by atoms with E-state index in [1.54, 1.807) is 0 Å². The van der Waals surface area contributed by atoms with E-state index in [1.807, 2.05) is 0 Å². The van der Waals surface area contributed by atoms with Crippen molar-refractivity contribution in [3.8, 4) is 0 Å². The van der Waals surface area contributed by atoms with E-state index in [4.69, 9.17) is 0 Å². The molecule has 0 amide bonds. The predicted octanol–water partition coefficient (Wildman–Crippen LogP) is 2.25. The molecule has 1 saturated heterocycles. The van der Waals surface area contributed by atoms with Crippen molar-refractivity contribution in [1.82, 2.24) is 10.2 Å². The number of hydrogen-bond acceptors (Lipinski definition) is 2. The first-order valence-corrected chi connectivity index (χ1v) is 7.21. The average Bonchev–Trinajstić information content (AvgIpc) is 3.12. The maximum Gasteiger partial charge on any atom is 0.0280 e. The molecule has 1 atom stereocenters. The highest BCUT2D eigenvalue weighted by Crippen LogP contribution is 2.34. The zero-order chi connectivity index (χ0) is 11.0. The molecule has 2 saturated carbocycles. The molecule has 1 N–H and O–H groups in total. The highest BCUT2D eigenvalue weighted by Gasteiger charge is 2.34. The normalized spacial score (nSPS) is 34.9. The van der Waals surface area contributed by atoms with Crippen molar-refractivity contribution in [3.05, 3.63) is 0 Å². The van der Waals surface area contributed by atoms with E-state index < -0.39 is 0 Å². The molecule has 1 heterocycles. The van der Waals surface area contributed by atoms with Crippen molar-refractivity contribution in [1.29, 1.82) is 0 Å². The van der Waals surface area contributed by atoms with Gasteiger partial charge in [-0.2, -0.15) is 0 Å². The van der Waals surface area contributed by atoms with E-state index in [0.717, 1.165) is 11.8 Å². The molecular formula is C14H26N2. The molecule has 0 aromatic rings. The lowest BCUT2D eigenvalue weighted by molar-refractivity contribution is 0.189. The summed E-state index contributed by atoms with van der Waals surface area (Å²) in [5.74, 6) is 2.09. The smallest absolute Gasteiger partial charge is 0.0280 e. The summed E-state index contributed by atoms with van der Waals surface area (Å²) < 4.78 is 0. The largest absolute Gasteiger partial charge is 0.310 e. The van der Waals surface area contributed by atoms with Crippen LogP contribution in [0.15, 0.2) is 0 Å². The number of rotatable bonds is 6. The highest BCUT2D eigenvalue weighted by molar-refractivity contribution is 4.93. The molecule has 2 aliphatic carbocycles. The van der Waals surface area contributed by atoms with Crippen molar-refractivity contribution in [2.75, 3.05) is 26.2 Å². The molecule has 16 heavy (non-hydrogen) atoms. The van der Waals surface area contributed by atoms with Gasteiger partial charge in [0.15, 0.2) is 0 Å². The van der Waals surface area contributed by atoms with E-state index in [-0.39, 0.29) is 0 Å². The van der Waals surface area contributed by atoms with E-state index in [9.17, 15) is 0 Å². The Morgan fingerprint density at radius 3 is 2.19 bits per heavy atom. The summed E-state index contributed by atoms with van der Waals surface area (Å²) in [6.07, 6.45) is 8.71. The summed E-state index contributed by atoms with van der Waals surface area (Å²) in [5, 5.41) is 3.71. The fraction of sp³-hybridized carbons (Fsp3) is 1.00. The molecule has 3 fully saturated rings. The van der Waals surface area contributed by atoms with Gasteiger partial charge in [-0.25, -0.2) is 0 Å². The summed E-state index contributed by atoms with van der Waals surface area (Å²) >= 11 is 0. The Bertz CT molecular complexity index is 223. The van der Waals surface area contributed by atoms with Crippen LogP contribution in [-0.2, 0) is 0 Å². The van der Waals surface area contributed by atoms with E-state index >= 15 is 0 Å². The Balaban J connectivity index is 1.52. The maximum absolute atomic E-state index is 3.71. The van der Waals surface area contributed by atoms with Crippen molar-refractivity contribution < 1.29 is 0 Å². The van der Waals surface area contributed by atoms with Crippen LogP contribution in [0.25, 0.3) is 0 Å². The van der Waals surface area contributed by atoms with Crippen LogP contribution in [0.4, 0.5) is 0 Å². The molecule has 0 aromatic carbocycles. The number of hydrogen-bond donors (Lipinski definition) is 1. The van der Waals surface area contributed by atoms with Crippen molar-refractivity contribution in [2.24, 2.45) is 11.8 Å². The molecule has 2 heteroatoms. The van der Waals surface area contributed by atoms with Gasteiger partial charge in [0.05, 0.1) is 0 Å². The first-order chi connectivity index (χ1) is 7.73. The Hall–Kier alpha value is -0.0800. The number of nitrogens with zero attached hydrogens (tertiary/aromatic N) is 1. The van der Waals surface area contributed by atoms with E-state index in [1.165, 1.54) is 64.7 Å². The zero-order valence-electron chi connectivity index (χ0n) is 10.7. The van der Waals surface area contributed by atoms with Gasteiger partial charge in [-0.15, -0.1) is 0 Å². The van der Waals surface area contributed by atoms with Crippen molar-refractivity contribution in [3.63, 3.8) is 0 Å². The second kappa shape index (κ2) is 4.30. The topological polar surface area (TPSA) is 15.3 Å². The molecular weight excluding hydrogens is 196 g/mol. The molecule has 2 nitrogen and oxygen atoms in total. The molecule has 0 bridgehead atoms. The van der Waals surface area contributed by atoms with Gasteiger partial charge >= 0.3 is 0 Å². The summed E-state index contributed by atoms with van der Waals surface area (Å²) in [6, 6.07) is 0. The molecule has 92 valence electrons. The number of nitrogens with one attached hydrogen (secondary N) is 1. The SMILES string of the molecule is CC1(CN(CC2CC2)CC2CC2)CCCN1.